The zero-order valence-corrected chi connectivity index (χ0v) is 20.9. The van der Waals surface area contributed by atoms with Crippen molar-refractivity contribution < 1.29 is 14.5 Å². The van der Waals surface area contributed by atoms with Gasteiger partial charge in [0.15, 0.2) is 0 Å². The van der Waals surface area contributed by atoms with Crippen molar-refractivity contribution in [2.24, 2.45) is 0 Å². The van der Waals surface area contributed by atoms with Crippen LogP contribution in [0.4, 0.5) is 10.5 Å². The first-order valence-corrected chi connectivity index (χ1v) is 12.4. The van der Waals surface area contributed by atoms with E-state index in [1.54, 1.807) is 36.4 Å². The average molecular weight is 538 g/mol. The highest BCUT2D eigenvalue weighted by Crippen LogP contribution is 2.36. The van der Waals surface area contributed by atoms with E-state index in [2.05, 4.69) is 0 Å². The molecule has 10 heteroatoms. The smallest absolute Gasteiger partial charge is 0.293 e. The molecule has 0 spiro atoms. The van der Waals surface area contributed by atoms with Crippen LogP contribution in [0, 0.1) is 10.1 Å². The van der Waals surface area contributed by atoms with Gasteiger partial charge in [0.25, 0.3) is 16.8 Å². The maximum absolute atomic E-state index is 13.1. The third kappa shape index (κ3) is 4.63. The predicted molar refractivity (Wildman–Crippen MR) is 142 cm³/mol. The van der Waals surface area contributed by atoms with E-state index < -0.39 is 16.1 Å². The number of imide groups is 1. The molecule has 180 valence electrons. The van der Waals surface area contributed by atoms with Crippen molar-refractivity contribution in [3.8, 4) is 0 Å². The monoisotopic (exact) mass is 537 g/mol. The minimum Gasteiger partial charge on any atom is -0.342 e. The molecule has 1 aromatic heterocycles. The lowest BCUT2D eigenvalue weighted by atomic mass is 10.1. The van der Waals surface area contributed by atoms with Crippen molar-refractivity contribution in [2.45, 2.75) is 13.1 Å². The van der Waals surface area contributed by atoms with Gasteiger partial charge >= 0.3 is 0 Å². The fourth-order valence-corrected chi connectivity index (χ4v) is 5.40. The number of carbonyl (C=O) groups is 2. The number of hydrogen-bond donors (Lipinski definition) is 0. The van der Waals surface area contributed by atoms with E-state index in [1.807, 2.05) is 35.0 Å². The molecule has 36 heavy (non-hydrogen) atoms. The molecule has 0 bridgehead atoms. The van der Waals surface area contributed by atoms with E-state index in [4.69, 9.17) is 23.2 Å². The molecule has 5 rings (SSSR count). The number of halogens is 2. The lowest BCUT2D eigenvalue weighted by Crippen LogP contribution is -2.27. The zero-order valence-electron chi connectivity index (χ0n) is 18.6. The Morgan fingerprint density at radius 1 is 0.917 bits per heavy atom. The van der Waals surface area contributed by atoms with Gasteiger partial charge < -0.3 is 4.57 Å². The number of non-ortho nitro benzene ring substituents is 1. The third-order valence-electron chi connectivity index (χ3n) is 5.86. The Balaban J connectivity index is 1.44. The van der Waals surface area contributed by atoms with Crippen molar-refractivity contribution in [3.05, 3.63) is 115 Å². The molecule has 0 radical (unpaired) electrons. The van der Waals surface area contributed by atoms with Crippen molar-refractivity contribution in [1.29, 1.82) is 0 Å². The number of para-hydroxylation sites is 1. The zero-order chi connectivity index (χ0) is 25.4. The lowest BCUT2D eigenvalue weighted by Gasteiger charge is -2.12. The molecule has 3 aromatic carbocycles. The molecule has 7 nitrogen and oxygen atoms in total. The highest BCUT2D eigenvalue weighted by Gasteiger charge is 2.35. The Bertz CT molecular complexity index is 1540. The van der Waals surface area contributed by atoms with E-state index in [0.717, 1.165) is 38.7 Å². The van der Waals surface area contributed by atoms with Crippen LogP contribution in [0.1, 0.15) is 16.7 Å². The SMILES string of the molecule is O=C1S/C(=C/c2cn(Cc3c(Cl)cccc3Cl)c3ccccc23)C(=O)N1Cc1ccc([N+](=O)[O-])cc1. The fraction of sp³-hybridized carbons (Fsp3) is 0.0769. The van der Waals surface area contributed by atoms with Gasteiger partial charge in [0.05, 0.1) is 22.9 Å². The number of nitrogens with zero attached hydrogens (tertiary/aromatic N) is 3. The highest BCUT2D eigenvalue weighted by atomic mass is 35.5. The summed E-state index contributed by atoms with van der Waals surface area (Å²) in [5.74, 6) is -0.408. The normalized spacial score (nSPS) is 14.8. The molecular weight excluding hydrogens is 521 g/mol. The molecule has 1 aliphatic rings. The summed E-state index contributed by atoms with van der Waals surface area (Å²) in [5, 5.41) is 12.5. The Kier molecular flexibility index (Phi) is 6.57. The second-order valence-electron chi connectivity index (χ2n) is 8.12. The van der Waals surface area contributed by atoms with Crippen molar-refractivity contribution in [3.63, 3.8) is 0 Å². The van der Waals surface area contributed by atoms with E-state index in [-0.39, 0.29) is 12.2 Å². The van der Waals surface area contributed by atoms with Crippen LogP contribution in [0.5, 0.6) is 0 Å². The van der Waals surface area contributed by atoms with E-state index >= 15 is 0 Å². The van der Waals surface area contributed by atoms with Gasteiger partial charge in [0, 0.05) is 50.4 Å². The molecular formula is C26H17Cl2N3O4S. The number of nitro groups is 1. The minimum atomic E-state index is -0.497. The molecule has 2 amide bonds. The molecule has 0 N–H and O–H groups in total. The van der Waals surface area contributed by atoms with Gasteiger partial charge in [-0.25, -0.2) is 0 Å². The first-order chi connectivity index (χ1) is 17.3. The number of aromatic nitrogens is 1. The topological polar surface area (TPSA) is 85.5 Å². The van der Waals surface area contributed by atoms with Crippen molar-refractivity contribution >= 4 is 68.8 Å². The van der Waals surface area contributed by atoms with E-state index in [1.165, 1.54) is 12.1 Å². The number of rotatable bonds is 6. The Hall–Kier alpha value is -3.59. The summed E-state index contributed by atoms with van der Waals surface area (Å²) in [5.41, 5.74) is 3.08. The second-order valence-corrected chi connectivity index (χ2v) is 9.93. The summed E-state index contributed by atoms with van der Waals surface area (Å²) in [6, 6.07) is 18.9. The minimum absolute atomic E-state index is 0.0345. The predicted octanol–water partition coefficient (Wildman–Crippen LogP) is 7.14. The summed E-state index contributed by atoms with van der Waals surface area (Å²) < 4.78 is 2.01. The summed E-state index contributed by atoms with van der Waals surface area (Å²) in [6.45, 7) is 0.473. The van der Waals surface area contributed by atoms with Crippen LogP contribution in [0.15, 0.2) is 77.8 Å². The van der Waals surface area contributed by atoms with E-state index in [0.29, 0.717) is 27.1 Å². The molecule has 0 saturated carbocycles. The molecule has 0 atom stereocenters. The number of carbonyl (C=O) groups excluding carboxylic acids is 2. The summed E-state index contributed by atoms with van der Waals surface area (Å²) in [4.78, 5) is 37.5. The van der Waals surface area contributed by atoms with Crippen LogP contribution < -0.4 is 0 Å². The van der Waals surface area contributed by atoms with Crippen LogP contribution in [0.2, 0.25) is 10.0 Å². The number of nitro benzene ring substituents is 1. The fourth-order valence-electron chi connectivity index (χ4n) is 4.06. The van der Waals surface area contributed by atoms with Gasteiger partial charge in [-0.15, -0.1) is 0 Å². The highest BCUT2D eigenvalue weighted by molar-refractivity contribution is 8.18. The number of fused-ring (bicyclic) bond motifs is 1. The largest absolute Gasteiger partial charge is 0.342 e. The number of hydrogen-bond acceptors (Lipinski definition) is 5. The quantitative estimate of drug-likeness (QED) is 0.148. The van der Waals surface area contributed by atoms with Gasteiger partial charge in [0.1, 0.15) is 0 Å². The molecule has 4 aromatic rings. The summed E-state index contributed by atoms with van der Waals surface area (Å²) >= 11 is 13.6. The maximum Gasteiger partial charge on any atom is 0.293 e. The van der Waals surface area contributed by atoms with Crippen LogP contribution in [-0.4, -0.2) is 25.5 Å². The lowest BCUT2D eigenvalue weighted by molar-refractivity contribution is -0.384. The molecule has 0 unspecified atom stereocenters. The Morgan fingerprint density at radius 3 is 2.31 bits per heavy atom. The number of thioether (sulfide) groups is 1. The maximum atomic E-state index is 13.1. The second kappa shape index (κ2) is 9.81. The Labute approximate surface area is 220 Å². The molecule has 0 aliphatic carbocycles. The standard InChI is InChI=1S/C26H17Cl2N3O4S/c27-21-5-3-6-22(28)20(21)15-29-14-17(19-4-1-2-7-23(19)29)12-24-25(32)30(26(33)36-24)13-16-8-10-18(11-9-16)31(34)35/h1-12,14H,13,15H2/b24-12+. The molecule has 1 aliphatic heterocycles. The average Bonchev–Trinajstić information content (AvgIpc) is 3.34. The van der Waals surface area contributed by atoms with Gasteiger partial charge in [-0.1, -0.05) is 59.6 Å². The molecule has 1 fully saturated rings. The number of benzene rings is 3. The summed E-state index contributed by atoms with van der Waals surface area (Å²) in [6.07, 6.45) is 3.63. The first-order valence-electron chi connectivity index (χ1n) is 10.8. The van der Waals surface area contributed by atoms with Crippen LogP contribution in [0.3, 0.4) is 0 Å². The van der Waals surface area contributed by atoms with Crippen molar-refractivity contribution in [2.75, 3.05) is 0 Å². The van der Waals surface area contributed by atoms with Gasteiger partial charge in [-0.3, -0.25) is 24.6 Å². The van der Waals surface area contributed by atoms with Gasteiger partial charge in [-0.05, 0) is 41.6 Å². The first kappa shape index (κ1) is 24.1. The van der Waals surface area contributed by atoms with Crippen LogP contribution >= 0.6 is 35.0 Å². The molecule has 1 saturated heterocycles. The van der Waals surface area contributed by atoms with Crippen molar-refractivity contribution in [1.82, 2.24) is 9.47 Å². The van der Waals surface area contributed by atoms with Gasteiger partial charge in [0.2, 0.25) is 0 Å². The van der Waals surface area contributed by atoms with E-state index in [9.17, 15) is 19.7 Å². The van der Waals surface area contributed by atoms with Gasteiger partial charge in [-0.2, -0.15) is 0 Å². The summed E-state index contributed by atoms with van der Waals surface area (Å²) in [7, 11) is 0. The third-order valence-corrected chi connectivity index (χ3v) is 7.47. The van der Waals surface area contributed by atoms with Crippen LogP contribution in [-0.2, 0) is 17.9 Å². The molecule has 2 heterocycles. The Morgan fingerprint density at radius 2 is 1.61 bits per heavy atom. The van der Waals surface area contributed by atoms with Crippen LogP contribution in [0.25, 0.3) is 17.0 Å². The number of amides is 2.